The third-order valence-electron chi connectivity index (χ3n) is 3.04. The zero-order valence-electron chi connectivity index (χ0n) is 11.3. The SMILES string of the molecule is O=c1c(Cl)c(Nc2ccc(F)cc2)cnn1-c1ccccc1. The van der Waals surface area contributed by atoms with E-state index in [4.69, 9.17) is 11.6 Å². The fourth-order valence-corrected chi connectivity index (χ4v) is 2.14. The van der Waals surface area contributed by atoms with Gasteiger partial charge in [0.1, 0.15) is 10.8 Å². The van der Waals surface area contributed by atoms with Crippen LogP contribution in [0.2, 0.25) is 5.02 Å². The Morgan fingerprint density at radius 2 is 1.73 bits per heavy atom. The second-order valence-corrected chi connectivity index (χ2v) is 4.93. The number of rotatable bonds is 3. The first-order chi connectivity index (χ1) is 10.6. The molecule has 3 rings (SSSR count). The number of para-hydroxylation sites is 1. The van der Waals surface area contributed by atoms with Crippen LogP contribution in [0.5, 0.6) is 0 Å². The quantitative estimate of drug-likeness (QED) is 0.800. The zero-order chi connectivity index (χ0) is 15.5. The molecule has 0 saturated carbocycles. The molecule has 6 heteroatoms. The van der Waals surface area contributed by atoms with Gasteiger partial charge in [-0.3, -0.25) is 4.79 Å². The van der Waals surface area contributed by atoms with Crippen LogP contribution in [0.15, 0.2) is 65.6 Å². The zero-order valence-corrected chi connectivity index (χ0v) is 12.1. The Kier molecular flexibility index (Phi) is 3.89. The summed E-state index contributed by atoms with van der Waals surface area (Å²) in [6, 6.07) is 14.7. The topological polar surface area (TPSA) is 46.9 Å². The number of hydrogen-bond donors (Lipinski definition) is 1. The number of benzene rings is 2. The molecule has 0 spiro atoms. The number of halogens is 2. The van der Waals surface area contributed by atoms with E-state index in [1.165, 1.54) is 23.0 Å². The van der Waals surface area contributed by atoms with E-state index in [2.05, 4.69) is 10.4 Å². The fourth-order valence-electron chi connectivity index (χ4n) is 1.96. The van der Waals surface area contributed by atoms with Gasteiger partial charge in [0.15, 0.2) is 0 Å². The molecule has 0 aliphatic rings. The van der Waals surface area contributed by atoms with Crippen molar-refractivity contribution in [3.8, 4) is 5.69 Å². The van der Waals surface area contributed by atoms with Crippen LogP contribution in [0, 0.1) is 5.82 Å². The molecule has 0 radical (unpaired) electrons. The average Bonchev–Trinajstić information content (AvgIpc) is 2.55. The Labute approximate surface area is 130 Å². The predicted molar refractivity (Wildman–Crippen MR) is 84.5 cm³/mol. The van der Waals surface area contributed by atoms with Gasteiger partial charge < -0.3 is 5.32 Å². The summed E-state index contributed by atoms with van der Waals surface area (Å²) in [6.07, 6.45) is 1.46. The van der Waals surface area contributed by atoms with Crippen LogP contribution in [-0.2, 0) is 0 Å². The first-order valence-corrected chi connectivity index (χ1v) is 6.89. The maximum Gasteiger partial charge on any atom is 0.292 e. The van der Waals surface area contributed by atoms with Crippen molar-refractivity contribution in [1.82, 2.24) is 9.78 Å². The molecule has 1 heterocycles. The molecule has 22 heavy (non-hydrogen) atoms. The molecule has 0 aliphatic carbocycles. The molecule has 0 bridgehead atoms. The van der Waals surface area contributed by atoms with Crippen LogP contribution in [-0.4, -0.2) is 9.78 Å². The summed E-state index contributed by atoms with van der Waals surface area (Å²) in [5.41, 5.74) is 1.18. The largest absolute Gasteiger partial charge is 0.353 e. The summed E-state index contributed by atoms with van der Waals surface area (Å²) in [7, 11) is 0. The maximum atomic E-state index is 12.9. The van der Waals surface area contributed by atoms with Gasteiger partial charge in [-0.05, 0) is 36.4 Å². The van der Waals surface area contributed by atoms with Gasteiger partial charge in [0.2, 0.25) is 0 Å². The molecule has 0 aliphatic heterocycles. The predicted octanol–water partition coefficient (Wildman–Crippen LogP) is 3.77. The highest BCUT2D eigenvalue weighted by Gasteiger charge is 2.10. The smallest absolute Gasteiger partial charge is 0.292 e. The molecule has 0 fully saturated rings. The van der Waals surface area contributed by atoms with Crippen molar-refractivity contribution in [2.45, 2.75) is 0 Å². The normalized spacial score (nSPS) is 10.5. The van der Waals surface area contributed by atoms with E-state index in [1.807, 2.05) is 18.2 Å². The van der Waals surface area contributed by atoms with E-state index in [1.54, 1.807) is 24.3 Å². The van der Waals surface area contributed by atoms with Crippen molar-refractivity contribution < 1.29 is 4.39 Å². The maximum absolute atomic E-state index is 12.9. The van der Waals surface area contributed by atoms with Gasteiger partial charge in [-0.1, -0.05) is 29.8 Å². The highest BCUT2D eigenvalue weighted by molar-refractivity contribution is 6.33. The average molecular weight is 316 g/mol. The first kappa shape index (κ1) is 14.3. The molecule has 2 aromatic carbocycles. The van der Waals surface area contributed by atoms with Gasteiger partial charge in [-0.15, -0.1) is 0 Å². The molecule has 110 valence electrons. The Morgan fingerprint density at radius 1 is 1.05 bits per heavy atom. The molecule has 1 N–H and O–H groups in total. The van der Waals surface area contributed by atoms with Gasteiger partial charge in [0.25, 0.3) is 5.56 Å². The summed E-state index contributed by atoms with van der Waals surface area (Å²) in [5, 5.41) is 7.07. The van der Waals surface area contributed by atoms with E-state index < -0.39 is 5.56 Å². The minimum absolute atomic E-state index is 0.0168. The Hall–Kier alpha value is -2.66. The van der Waals surface area contributed by atoms with E-state index in [-0.39, 0.29) is 10.8 Å². The van der Waals surface area contributed by atoms with Crippen LogP contribution >= 0.6 is 11.6 Å². The molecule has 1 aromatic heterocycles. The Morgan fingerprint density at radius 3 is 2.41 bits per heavy atom. The van der Waals surface area contributed by atoms with E-state index in [0.717, 1.165) is 0 Å². The van der Waals surface area contributed by atoms with Crippen LogP contribution in [0.1, 0.15) is 0 Å². The highest BCUT2D eigenvalue weighted by atomic mass is 35.5. The molecular weight excluding hydrogens is 305 g/mol. The molecule has 3 aromatic rings. The van der Waals surface area contributed by atoms with Crippen molar-refractivity contribution in [3.63, 3.8) is 0 Å². The highest BCUT2D eigenvalue weighted by Crippen LogP contribution is 2.22. The van der Waals surface area contributed by atoms with E-state index in [0.29, 0.717) is 17.1 Å². The van der Waals surface area contributed by atoms with Gasteiger partial charge >= 0.3 is 0 Å². The summed E-state index contributed by atoms with van der Waals surface area (Å²) in [6.45, 7) is 0. The standard InChI is InChI=1S/C16H11ClFN3O/c17-15-14(20-12-8-6-11(18)7-9-12)10-19-21(16(15)22)13-4-2-1-3-5-13/h1-10,20H. The number of nitrogens with one attached hydrogen (secondary N) is 1. The summed E-state index contributed by atoms with van der Waals surface area (Å²) < 4.78 is 14.1. The van der Waals surface area contributed by atoms with Gasteiger partial charge in [0, 0.05) is 5.69 Å². The molecule has 0 unspecified atom stereocenters. The van der Waals surface area contributed by atoms with Crippen molar-refractivity contribution in [2.24, 2.45) is 0 Å². The number of nitrogens with zero attached hydrogens (tertiary/aromatic N) is 2. The fraction of sp³-hybridized carbons (Fsp3) is 0. The van der Waals surface area contributed by atoms with Crippen molar-refractivity contribution in [2.75, 3.05) is 5.32 Å². The summed E-state index contributed by atoms with van der Waals surface area (Å²) >= 11 is 6.12. The van der Waals surface area contributed by atoms with Gasteiger partial charge in [-0.2, -0.15) is 9.78 Å². The van der Waals surface area contributed by atoms with Crippen LogP contribution in [0.3, 0.4) is 0 Å². The lowest BCUT2D eigenvalue weighted by Crippen LogP contribution is -2.22. The number of aromatic nitrogens is 2. The minimum atomic E-state index is -0.431. The summed E-state index contributed by atoms with van der Waals surface area (Å²) in [4.78, 5) is 12.3. The second-order valence-electron chi connectivity index (χ2n) is 4.56. The second kappa shape index (κ2) is 5.99. The number of hydrogen-bond acceptors (Lipinski definition) is 3. The number of anilines is 2. The van der Waals surface area contributed by atoms with Crippen molar-refractivity contribution >= 4 is 23.0 Å². The molecule has 0 saturated heterocycles. The first-order valence-electron chi connectivity index (χ1n) is 6.51. The third kappa shape index (κ3) is 2.84. The van der Waals surface area contributed by atoms with Crippen LogP contribution < -0.4 is 10.9 Å². The van der Waals surface area contributed by atoms with Crippen LogP contribution in [0.25, 0.3) is 5.69 Å². The lowest BCUT2D eigenvalue weighted by Gasteiger charge is -2.10. The summed E-state index contributed by atoms with van der Waals surface area (Å²) in [5.74, 6) is -0.339. The lowest BCUT2D eigenvalue weighted by atomic mass is 10.3. The lowest BCUT2D eigenvalue weighted by molar-refractivity contribution is 0.628. The third-order valence-corrected chi connectivity index (χ3v) is 3.41. The molecule has 0 atom stereocenters. The van der Waals surface area contributed by atoms with Crippen molar-refractivity contribution in [1.29, 1.82) is 0 Å². The van der Waals surface area contributed by atoms with E-state index in [9.17, 15) is 9.18 Å². The van der Waals surface area contributed by atoms with Gasteiger partial charge in [-0.25, -0.2) is 4.39 Å². The molecule has 0 amide bonds. The molecule has 4 nitrogen and oxygen atoms in total. The monoisotopic (exact) mass is 315 g/mol. The van der Waals surface area contributed by atoms with E-state index >= 15 is 0 Å². The van der Waals surface area contributed by atoms with Gasteiger partial charge in [0.05, 0.1) is 17.6 Å². The molecular formula is C16H11ClFN3O. The van der Waals surface area contributed by atoms with Crippen LogP contribution in [0.4, 0.5) is 15.8 Å². The van der Waals surface area contributed by atoms with Crippen molar-refractivity contribution in [3.05, 3.63) is 82.0 Å². The minimum Gasteiger partial charge on any atom is -0.353 e. The Bertz CT molecular complexity index is 848. The Balaban J connectivity index is 1.96.